The zero-order valence-electron chi connectivity index (χ0n) is 14.4. The largest absolute Gasteiger partial charge is 0.478 e. The summed E-state index contributed by atoms with van der Waals surface area (Å²) in [5.74, 6) is -1.17. The fraction of sp³-hybridized carbons (Fsp3) is 0.500. The number of carboxylic acid groups (broad SMARTS) is 1. The van der Waals surface area contributed by atoms with E-state index in [1.54, 1.807) is 11.8 Å². The Balaban J connectivity index is 2.14. The highest BCUT2D eigenvalue weighted by atomic mass is 16.4. The number of aryl methyl sites for hydroxylation is 2. The zero-order chi connectivity index (χ0) is 17.9. The van der Waals surface area contributed by atoms with E-state index in [1.807, 2.05) is 31.6 Å². The van der Waals surface area contributed by atoms with E-state index in [1.165, 1.54) is 17.1 Å². The Hall–Kier alpha value is -2.64. The number of carbonyl (C=O) groups is 2. The van der Waals surface area contributed by atoms with Crippen molar-refractivity contribution in [3.63, 3.8) is 0 Å². The first-order valence-electron chi connectivity index (χ1n) is 7.96. The van der Waals surface area contributed by atoms with Crippen molar-refractivity contribution in [1.29, 1.82) is 0 Å². The Morgan fingerprint density at radius 1 is 1.33 bits per heavy atom. The van der Waals surface area contributed by atoms with E-state index < -0.39 is 12.0 Å². The molecule has 0 aliphatic carbocycles. The SMILES string of the molecule is CCN(Cc1cn(CC)nc1C)C(=O)C(C)n1cc(C(=O)O)cn1. The van der Waals surface area contributed by atoms with Gasteiger partial charge in [0.2, 0.25) is 5.91 Å². The number of rotatable bonds is 7. The van der Waals surface area contributed by atoms with Gasteiger partial charge in [0.1, 0.15) is 6.04 Å². The minimum Gasteiger partial charge on any atom is -0.478 e. The standard InChI is InChI=1S/C16H23N5O3/c1-5-19(8-14-9-20(6-2)18-11(14)3)15(22)12(4)21-10-13(7-17-21)16(23)24/h7,9-10,12H,5-6,8H2,1-4H3,(H,23,24). The third-order valence-corrected chi connectivity index (χ3v) is 4.03. The van der Waals surface area contributed by atoms with Gasteiger partial charge in [0.25, 0.3) is 0 Å². The van der Waals surface area contributed by atoms with Gasteiger partial charge in [-0.2, -0.15) is 10.2 Å². The van der Waals surface area contributed by atoms with E-state index in [0.29, 0.717) is 13.1 Å². The third kappa shape index (κ3) is 3.64. The number of carboxylic acids is 1. The van der Waals surface area contributed by atoms with Crippen molar-refractivity contribution in [1.82, 2.24) is 24.5 Å². The first kappa shape index (κ1) is 17.7. The lowest BCUT2D eigenvalue weighted by atomic mass is 10.2. The average Bonchev–Trinajstić information content (AvgIpc) is 3.18. The van der Waals surface area contributed by atoms with Gasteiger partial charge in [-0.1, -0.05) is 0 Å². The Kier molecular flexibility index (Phi) is 5.38. The highest BCUT2D eigenvalue weighted by molar-refractivity contribution is 5.87. The Bertz CT molecular complexity index is 734. The third-order valence-electron chi connectivity index (χ3n) is 4.03. The van der Waals surface area contributed by atoms with E-state index in [-0.39, 0.29) is 11.5 Å². The van der Waals surface area contributed by atoms with Crippen molar-refractivity contribution < 1.29 is 14.7 Å². The normalized spacial score (nSPS) is 12.2. The molecule has 2 rings (SSSR count). The molecule has 0 fully saturated rings. The molecule has 0 aliphatic heterocycles. The van der Waals surface area contributed by atoms with Crippen LogP contribution in [-0.2, 0) is 17.9 Å². The van der Waals surface area contributed by atoms with Crippen LogP contribution in [0.25, 0.3) is 0 Å². The fourth-order valence-electron chi connectivity index (χ4n) is 2.47. The highest BCUT2D eigenvalue weighted by Gasteiger charge is 2.23. The van der Waals surface area contributed by atoms with E-state index in [0.717, 1.165) is 17.8 Å². The van der Waals surface area contributed by atoms with E-state index in [4.69, 9.17) is 5.11 Å². The van der Waals surface area contributed by atoms with Gasteiger partial charge < -0.3 is 10.0 Å². The summed E-state index contributed by atoms with van der Waals surface area (Å²) < 4.78 is 3.23. The molecule has 2 aromatic rings. The predicted octanol–water partition coefficient (Wildman–Crippen LogP) is 1.72. The van der Waals surface area contributed by atoms with Gasteiger partial charge in [0.05, 0.1) is 17.5 Å². The molecule has 1 amide bonds. The van der Waals surface area contributed by atoms with E-state index in [2.05, 4.69) is 10.2 Å². The van der Waals surface area contributed by atoms with Crippen LogP contribution >= 0.6 is 0 Å². The first-order chi connectivity index (χ1) is 11.4. The number of likely N-dealkylation sites (N-methyl/N-ethyl adjacent to an activating group) is 1. The zero-order valence-corrected chi connectivity index (χ0v) is 14.4. The quantitative estimate of drug-likeness (QED) is 0.832. The smallest absolute Gasteiger partial charge is 0.338 e. The average molecular weight is 333 g/mol. The van der Waals surface area contributed by atoms with Crippen molar-refractivity contribution in [2.24, 2.45) is 0 Å². The molecule has 1 unspecified atom stereocenters. The summed E-state index contributed by atoms with van der Waals surface area (Å²) in [6, 6.07) is -0.570. The Morgan fingerprint density at radius 2 is 2.04 bits per heavy atom. The second-order valence-electron chi connectivity index (χ2n) is 5.64. The minimum absolute atomic E-state index is 0.0674. The van der Waals surface area contributed by atoms with Gasteiger partial charge in [0.15, 0.2) is 0 Å². The van der Waals surface area contributed by atoms with Crippen LogP contribution in [0.15, 0.2) is 18.6 Å². The van der Waals surface area contributed by atoms with Crippen LogP contribution in [0.2, 0.25) is 0 Å². The fourth-order valence-corrected chi connectivity index (χ4v) is 2.47. The molecule has 8 nitrogen and oxygen atoms in total. The summed E-state index contributed by atoms with van der Waals surface area (Å²) >= 11 is 0. The van der Waals surface area contributed by atoms with Crippen molar-refractivity contribution in [3.05, 3.63) is 35.4 Å². The molecular formula is C16H23N5O3. The molecule has 0 spiro atoms. The maximum Gasteiger partial charge on any atom is 0.338 e. The lowest BCUT2D eigenvalue weighted by Crippen LogP contribution is -2.36. The molecular weight excluding hydrogens is 310 g/mol. The van der Waals surface area contributed by atoms with Gasteiger partial charge in [-0.3, -0.25) is 14.2 Å². The summed E-state index contributed by atoms with van der Waals surface area (Å²) in [7, 11) is 0. The minimum atomic E-state index is -1.06. The molecule has 0 aromatic carbocycles. The number of aromatic carboxylic acids is 1. The summed E-state index contributed by atoms with van der Waals surface area (Å²) in [6.45, 7) is 9.37. The Labute approximate surface area is 140 Å². The van der Waals surface area contributed by atoms with Crippen LogP contribution in [0.3, 0.4) is 0 Å². The second-order valence-corrected chi connectivity index (χ2v) is 5.64. The van der Waals surface area contributed by atoms with Gasteiger partial charge in [-0.25, -0.2) is 4.79 Å². The van der Waals surface area contributed by atoms with Crippen LogP contribution in [0, 0.1) is 6.92 Å². The van der Waals surface area contributed by atoms with E-state index in [9.17, 15) is 9.59 Å². The predicted molar refractivity (Wildman–Crippen MR) is 87.6 cm³/mol. The topological polar surface area (TPSA) is 93.2 Å². The van der Waals surface area contributed by atoms with Crippen LogP contribution in [-0.4, -0.2) is 48.0 Å². The van der Waals surface area contributed by atoms with Gasteiger partial charge in [0, 0.05) is 37.6 Å². The maximum atomic E-state index is 12.7. The number of hydrogen-bond donors (Lipinski definition) is 1. The van der Waals surface area contributed by atoms with Crippen molar-refractivity contribution in [2.75, 3.05) is 6.54 Å². The molecule has 0 radical (unpaired) electrons. The highest BCUT2D eigenvalue weighted by Crippen LogP contribution is 2.15. The molecule has 0 saturated carbocycles. The molecule has 2 aromatic heterocycles. The summed E-state index contributed by atoms with van der Waals surface area (Å²) in [6.07, 6.45) is 4.57. The molecule has 1 N–H and O–H groups in total. The summed E-state index contributed by atoms with van der Waals surface area (Å²) in [4.78, 5) is 25.4. The Morgan fingerprint density at radius 3 is 2.54 bits per heavy atom. The molecule has 1 atom stereocenters. The van der Waals surface area contributed by atoms with Crippen LogP contribution in [0.4, 0.5) is 0 Å². The molecule has 0 aliphatic rings. The lowest BCUT2D eigenvalue weighted by Gasteiger charge is -2.24. The number of aromatic nitrogens is 4. The van der Waals surface area contributed by atoms with Gasteiger partial charge in [-0.05, 0) is 27.7 Å². The van der Waals surface area contributed by atoms with Gasteiger partial charge in [-0.15, -0.1) is 0 Å². The molecule has 8 heteroatoms. The van der Waals surface area contributed by atoms with Crippen molar-refractivity contribution in [2.45, 2.75) is 46.8 Å². The number of carbonyl (C=O) groups excluding carboxylic acids is 1. The van der Waals surface area contributed by atoms with Crippen molar-refractivity contribution in [3.8, 4) is 0 Å². The molecule has 0 saturated heterocycles. The molecule has 0 bridgehead atoms. The van der Waals surface area contributed by atoms with Crippen molar-refractivity contribution >= 4 is 11.9 Å². The molecule has 130 valence electrons. The number of hydrogen-bond acceptors (Lipinski definition) is 4. The number of nitrogens with zero attached hydrogens (tertiary/aromatic N) is 5. The monoisotopic (exact) mass is 333 g/mol. The molecule has 24 heavy (non-hydrogen) atoms. The van der Waals surface area contributed by atoms with Crippen LogP contribution in [0.5, 0.6) is 0 Å². The summed E-state index contributed by atoms with van der Waals surface area (Å²) in [5.41, 5.74) is 1.98. The maximum absolute atomic E-state index is 12.7. The van der Waals surface area contributed by atoms with Crippen LogP contribution < -0.4 is 0 Å². The van der Waals surface area contributed by atoms with Gasteiger partial charge >= 0.3 is 5.97 Å². The van der Waals surface area contributed by atoms with Crippen LogP contribution in [0.1, 0.15) is 48.4 Å². The lowest BCUT2D eigenvalue weighted by molar-refractivity contribution is -0.135. The van der Waals surface area contributed by atoms with E-state index >= 15 is 0 Å². The number of amides is 1. The molecule has 2 heterocycles. The first-order valence-corrected chi connectivity index (χ1v) is 7.96. The second kappa shape index (κ2) is 7.29. The summed E-state index contributed by atoms with van der Waals surface area (Å²) in [5, 5.41) is 17.4.